The Kier molecular flexibility index (Phi) is 5.05. The minimum Gasteiger partial charge on any atom is -1.00 e. The van der Waals surface area contributed by atoms with E-state index in [1.54, 1.807) is 0 Å². The molecule has 2 heterocycles. The smallest absolute Gasteiger partial charge is 0.262 e. The van der Waals surface area contributed by atoms with Gasteiger partial charge in [-0.1, -0.05) is 30.3 Å². The lowest BCUT2D eigenvalue weighted by Crippen LogP contribution is -3.00. The van der Waals surface area contributed by atoms with Gasteiger partial charge in [-0.15, -0.1) is 0 Å². The number of fused-ring (bicyclic) bond motifs is 1. The van der Waals surface area contributed by atoms with E-state index in [0.29, 0.717) is 6.61 Å². The Morgan fingerprint density at radius 3 is 2.50 bits per heavy atom. The van der Waals surface area contributed by atoms with Crippen LogP contribution in [0.4, 0.5) is 0 Å². The minimum atomic E-state index is 0. The Morgan fingerprint density at radius 2 is 1.79 bits per heavy atom. The van der Waals surface area contributed by atoms with Crippen LogP contribution in [0, 0.1) is 0 Å². The highest BCUT2D eigenvalue weighted by molar-refractivity contribution is 5.56. The van der Waals surface area contributed by atoms with Gasteiger partial charge in [0, 0.05) is 5.56 Å². The molecule has 4 rings (SSSR count). The fraction of sp³-hybridized carbons (Fsp3) is 0.250. The predicted molar refractivity (Wildman–Crippen MR) is 90.9 cm³/mol. The third kappa shape index (κ3) is 2.98. The lowest BCUT2D eigenvalue weighted by molar-refractivity contribution is -0.679. The standard InChI is InChI=1S/C20H21N2O.BrH/c1-2-23-18-12-10-17(11-13-18)22-15-19(16-7-4-3-5-8-16)21-14-6-9-20(21)22;/h3-5,7-8,10-13,15H,2,6,9,14H2,1H3;1H/q+1;/p-1. The Bertz CT molecular complexity index is 810. The zero-order valence-corrected chi connectivity index (χ0v) is 15.4. The van der Waals surface area contributed by atoms with Gasteiger partial charge < -0.3 is 21.7 Å². The Labute approximate surface area is 153 Å². The maximum atomic E-state index is 5.55. The zero-order valence-electron chi connectivity index (χ0n) is 13.8. The van der Waals surface area contributed by atoms with Crippen molar-refractivity contribution in [3.63, 3.8) is 0 Å². The fourth-order valence-electron chi connectivity index (χ4n) is 3.37. The van der Waals surface area contributed by atoms with Crippen LogP contribution in [-0.4, -0.2) is 11.2 Å². The van der Waals surface area contributed by atoms with Gasteiger partial charge in [0.05, 0.1) is 19.6 Å². The molecule has 1 aliphatic rings. The summed E-state index contributed by atoms with van der Waals surface area (Å²) in [7, 11) is 0. The normalized spacial score (nSPS) is 12.5. The highest BCUT2D eigenvalue weighted by atomic mass is 79.9. The first-order valence-electron chi connectivity index (χ1n) is 8.29. The van der Waals surface area contributed by atoms with Crippen molar-refractivity contribution in [1.29, 1.82) is 0 Å². The monoisotopic (exact) mass is 384 g/mol. The molecule has 24 heavy (non-hydrogen) atoms. The molecular weight excluding hydrogens is 364 g/mol. The van der Waals surface area contributed by atoms with Gasteiger partial charge in [-0.3, -0.25) is 0 Å². The SMILES string of the molecule is CCOc1ccc(-n2cc(-c3ccccc3)[n+]3c2CCC3)cc1.[Br-]. The van der Waals surface area contributed by atoms with Crippen LogP contribution in [0.2, 0.25) is 0 Å². The molecule has 3 aromatic rings. The Morgan fingerprint density at radius 1 is 1.04 bits per heavy atom. The number of benzene rings is 2. The van der Waals surface area contributed by atoms with Gasteiger partial charge in [0.15, 0.2) is 5.69 Å². The Hall–Kier alpha value is -2.07. The van der Waals surface area contributed by atoms with Crippen LogP contribution in [0.5, 0.6) is 5.75 Å². The molecule has 0 spiro atoms. The van der Waals surface area contributed by atoms with E-state index in [0.717, 1.165) is 18.7 Å². The molecule has 0 aliphatic carbocycles. The van der Waals surface area contributed by atoms with E-state index in [1.165, 1.54) is 29.2 Å². The van der Waals surface area contributed by atoms with E-state index in [-0.39, 0.29) is 17.0 Å². The second-order valence-corrected chi connectivity index (χ2v) is 5.85. The van der Waals surface area contributed by atoms with Gasteiger partial charge in [-0.25, -0.2) is 4.57 Å². The van der Waals surface area contributed by atoms with Gasteiger partial charge in [0.2, 0.25) is 0 Å². The molecule has 0 N–H and O–H groups in total. The molecule has 0 fully saturated rings. The molecule has 0 radical (unpaired) electrons. The highest BCUT2D eigenvalue weighted by Crippen LogP contribution is 2.24. The van der Waals surface area contributed by atoms with Crippen LogP contribution in [-0.2, 0) is 13.0 Å². The lowest BCUT2D eigenvalue weighted by atomic mass is 10.2. The predicted octanol–water partition coefficient (Wildman–Crippen LogP) is 0.781. The van der Waals surface area contributed by atoms with Gasteiger partial charge >= 0.3 is 0 Å². The van der Waals surface area contributed by atoms with Crippen molar-refractivity contribution in [3.8, 4) is 22.7 Å². The largest absolute Gasteiger partial charge is 1.00 e. The Balaban J connectivity index is 0.00000169. The maximum absolute atomic E-state index is 5.55. The zero-order chi connectivity index (χ0) is 15.6. The summed E-state index contributed by atoms with van der Waals surface area (Å²) in [5, 5.41) is 0. The van der Waals surface area contributed by atoms with Crippen LogP contribution in [0.15, 0.2) is 60.8 Å². The number of hydrogen-bond acceptors (Lipinski definition) is 1. The average Bonchev–Trinajstić information content (AvgIpc) is 3.19. The minimum absolute atomic E-state index is 0. The number of imidazole rings is 1. The molecule has 2 aromatic carbocycles. The summed E-state index contributed by atoms with van der Waals surface area (Å²) >= 11 is 0. The van der Waals surface area contributed by atoms with Gasteiger partial charge in [0.25, 0.3) is 5.82 Å². The number of rotatable bonds is 4. The first kappa shape index (κ1) is 16.8. The third-order valence-corrected chi connectivity index (χ3v) is 4.41. The van der Waals surface area contributed by atoms with E-state index >= 15 is 0 Å². The van der Waals surface area contributed by atoms with Crippen LogP contribution in [0.1, 0.15) is 19.2 Å². The molecule has 1 aliphatic heterocycles. The lowest BCUT2D eigenvalue weighted by Gasteiger charge is -2.03. The molecule has 0 bridgehead atoms. The number of aromatic nitrogens is 2. The van der Waals surface area contributed by atoms with Crippen molar-refractivity contribution in [2.75, 3.05) is 6.61 Å². The molecule has 4 heteroatoms. The van der Waals surface area contributed by atoms with E-state index in [1.807, 2.05) is 19.1 Å². The van der Waals surface area contributed by atoms with E-state index < -0.39 is 0 Å². The van der Waals surface area contributed by atoms with Crippen molar-refractivity contribution in [2.24, 2.45) is 0 Å². The summed E-state index contributed by atoms with van der Waals surface area (Å²) in [6.07, 6.45) is 4.60. The number of nitrogens with zero attached hydrogens (tertiary/aromatic N) is 2. The topological polar surface area (TPSA) is 18.0 Å². The molecule has 124 valence electrons. The second-order valence-electron chi connectivity index (χ2n) is 5.85. The first-order valence-corrected chi connectivity index (χ1v) is 8.29. The summed E-state index contributed by atoms with van der Waals surface area (Å²) in [6, 6.07) is 19.0. The van der Waals surface area contributed by atoms with E-state index in [9.17, 15) is 0 Å². The van der Waals surface area contributed by atoms with E-state index in [4.69, 9.17) is 4.74 Å². The first-order chi connectivity index (χ1) is 11.4. The van der Waals surface area contributed by atoms with Crippen LogP contribution in [0.3, 0.4) is 0 Å². The summed E-state index contributed by atoms with van der Waals surface area (Å²) in [4.78, 5) is 0. The molecule has 0 saturated heterocycles. The third-order valence-electron chi connectivity index (χ3n) is 4.41. The summed E-state index contributed by atoms with van der Waals surface area (Å²) < 4.78 is 10.3. The van der Waals surface area contributed by atoms with Gasteiger partial charge in [0.1, 0.15) is 17.6 Å². The van der Waals surface area contributed by atoms with Gasteiger partial charge in [-0.2, -0.15) is 4.57 Å². The van der Waals surface area contributed by atoms with Crippen LogP contribution >= 0.6 is 0 Å². The summed E-state index contributed by atoms with van der Waals surface area (Å²) in [5.41, 5.74) is 3.77. The molecule has 1 aromatic heterocycles. The molecule has 0 atom stereocenters. The fourth-order valence-corrected chi connectivity index (χ4v) is 3.37. The van der Waals surface area contributed by atoms with E-state index in [2.05, 4.69) is 57.8 Å². The van der Waals surface area contributed by atoms with Gasteiger partial charge in [-0.05, 0) is 37.6 Å². The molecular formula is C20H21BrN2O. The average molecular weight is 385 g/mol. The summed E-state index contributed by atoms with van der Waals surface area (Å²) in [6.45, 7) is 3.81. The van der Waals surface area contributed by atoms with Crippen molar-refractivity contribution in [1.82, 2.24) is 4.57 Å². The maximum Gasteiger partial charge on any atom is 0.262 e. The van der Waals surface area contributed by atoms with Crippen molar-refractivity contribution in [3.05, 3.63) is 66.6 Å². The van der Waals surface area contributed by atoms with Crippen LogP contribution < -0.4 is 26.3 Å². The molecule has 3 nitrogen and oxygen atoms in total. The molecule has 0 amide bonds. The molecule has 0 unspecified atom stereocenters. The second kappa shape index (κ2) is 7.22. The number of ether oxygens (including phenoxy) is 1. The summed E-state index contributed by atoms with van der Waals surface area (Å²) in [5.74, 6) is 2.31. The van der Waals surface area contributed by atoms with Crippen LogP contribution in [0.25, 0.3) is 16.9 Å². The number of halogens is 1. The van der Waals surface area contributed by atoms with Crippen molar-refractivity contribution in [2.45, 2.75) is 26.3 Å². The molecule has 0 saturated carbocycles. The highest BCUT2D eigenvalue weighted by Gasteiger charge is 2.29. The van der Waals surface area contributed by atoms with Crippen molar-refractivity contribution >= 4 is 0 Å². The number of hydrogen-bond donors (Lipinski definition) is 0. The van der Waals surface area contributed by atoms with Crippen molar-refractivity contribution < 1.29 is 26.3 Å². The quantitative estimate of drug-likeness (QED) is 0.608.